The van der Waals surface area contributed by atoms with Gasteiger partial charge in [0, 0.05) is 19.6 Å². The van der Waals surface area contributed by atoms with E-state index in [0.717, 1.165) is 16.9 Å². The third-order valence-electron chi connectivity index (χ3n) is 4.23. The molecule has 8 heteroatoms. The zero-order valence-electron chi connectivity index (χ0n) is 18.1. The third kappa shape index (κ3) is 8.42. The fourth-order valence-electron chi connectivity index (χ4n) is 2.85. The fourth-order valence-corrected chi connectivity index (χ4v) is 4.34. The molecule has 0 bridgehead atoms. The Kier molecular flexibility index (Phi) is 9.14. The molecule has 2 aromatic carbocycles. The van der Waals surface area contributed by atoms with Crippen LogP contribution in [0.4, 0.5) is 0 Å². The number of nitrogens with one attached hydrogen (secondary N) is 3. The average molecular weight is 433 g/mol. The van der Waals surface area contributed by atoms with Crippen molar-refractivity contribution in [3.05, 3.63) is 65.2 Å². The highest BCUT2D eigenvalue weighted by molar-refractivity contribution is 7.88. The molecule has 0 aliphatic carbocycles. The van der Waals surface area contributed by atoms with E-state index in [9.17, 15) is 8.42 Å². The molecule has 0 heterocycles. The van der Waals surface area contributed by atoms with Crippen molar-refractivity contribution in [2.45, 2.75) is 39.1 Å². The van der Waals surface area contributed by atoms with Crippen molar-refractivity contribution < 1.29 is 13.2 Å². The van der Waals surface area contributed by atoms with E-state index in [-0.39, 0.29) is 11.8 Å². The molecule has 0 unspecified atom stereocenters. The minimum absolute atomic E-state index is 0.0561. The molecule has 0 atom stereocenters. The van der Waals surface area contributed by atoms with Crippen LogP contribution in [-0.4, -0.2) is 40.6 Å². The summed E-state index contributed by atoms with van der Waals surface area (Å²) in [6.45, 7) is 7.20. The van der Waals surface area contributed by atoms with Crippen LogP contribution in [-0.2, 0) is 22.3 Å². The van der Waals surface area contributed by atoms with E-state index < -0.39 is 10.0 Å². The molecule has 0 radical (unpaired) electrons. The van der Waals surface area contributed by atoms with E-state index in [1.807, 2.05) is 69.3 Å². The molecule has 164 valence electrons. The van der Waals surface area contributed by atoms with Crippen LogP contribution in [0.25, 0.3) is 0 Å². The fraction of sp³-hybridized carbons (Fsp3) is 0.409. The highest BCUT2D eigenvalue weighted by atomic mass is 32.2. The second-order valence-electron chi connectivity index (χ2n) is 7.31. The molecule has 0 saturated carbocycles. The Morgan fingerprint density at radius 1 is 1.03 bits per heavy atom. The second kappa shape index (κ2) is 11.6. The van der Waals surface area contributed by atoms with Crippen molar-refractivity contribution in [3.63, 3.8) is 0 Å². The van der Waals surface area contributed by atoms with Crippen LogP contribution in [0.2, 0.25) is 0 Å². The van der Waals surface area contributed by atoms with Gasteiger partial charge in [0.1, 0.15) is 12.4 Å². The summed E-state index contributed by atoms with van der Waals surface area (Å²) in [5.41, 5.74) is 2.86. The van der Waals surface area contributed by atoms with Crippen LogP contribution in [0.5, 0.6) is 5.75 Å². The van der Waals surface area contributed by atoms with Crippen LogP contribution in [0.1, 0.15) is 30.5 Å². The number of hydrogen-bond acceptors (Lipinski definition) is 4. The van der Waals surface area contributed by atoms with Gasteiger partial charge in [-0.1, -0.05) is 42.0 Å². The Hall–Kier alpha value is -2.58. The highest BCUT2D eigenvalue weighted by Crippen LogP contribution is 2.13. The van der Waals surface area contributed by atoms with Gasteiger partial charge in [-0.2, -0.15) is 0 Å². The number of ether oxygens (including phenoxy) is 1. The van der Waals surface area contributed by atoms with Crippen molar-refractivity contribution in [2.24, 2.45) is 4.99 Å². The van der Waals surface area contributed by atoms with Gasteiger partial charge in [-0.3, -0.25) is 4.99 Å². The molecule has 3 N–H and O–H groups in total. The predicted octanol–water partition coefficient (Wildman–Crippen LogP) is 2.57. The normalized spacial score (nSPS) is 12.1. The summed E-state index contributed by atoms with van der Waals surface area (Å²) >= 11 is 0. The standard InChI is InChI=1S/C22H32N4O3S/c1-17(2)26-30(27,28)16-20-8-6-5-7-19(20)15-25-22(23-4)24-13-14-29-21-11-9-18(3)10-12-21/h5-12,17,26H,13-16H2,1-4H3,(H2,23,24,25). The van der Waals surface area contributed by atoms with Crippen molar-refractivity contribution in [2.75, 3.05) is 20.2 Å². The Morgan fingerprint density at radius 2 is 1.70 bits per heavy atom. The smallest absolute Gasteiger partial charge is 0.216 e. The van der Waals surface area contributed by atoms with Gasteiger partial charge >= 0.3 is 0 Å². The van der Waals surface area contributed by atoms with Crippen LogP contribution >= 0.6 is 0 Å². The molecule has 0 saturated heterocycles. The molecule has 7 nitrogen and oxygen atoms in total. The maximum Gasteiger partial charge on any atom is 0.216 e. The summed E-state index contributed by atoms with van der Waals surface area (Å²) < 4.78 is 32.9. The molecule has 0 amide bonds. The first-order valence-corrected chi connectivity index (χ1v) is 11.6. The maximum absolute atomic E-state index is 12.3. The van der Waals surface area contributed by atoms with E-state index in [0.29, 0.717) is 25.7 Å². The zero-order valence-corrected chi connectivity index (χ0v) is 18.9. The third-order valence-corrected chi connectivity index (χ3v) is 5.75. The predicted molar refractivity (Wildman–Crippen MR) is 122 cm³/mol. The average Bonchev–Trinajstić information content (AvgIpc) is 2.68. The van der Waals surface area contributed by atoms with Gasteiger partial charge in [-0.25, -0.2) is 13.1 Å². The number of aryl methyl sites for hydroxylation is 1. The maximum atomic E-state index is 12.3. The molecule has 2 rings (SSSR count). The number of rotatable bonds is 10. The van der Waals surface area contributed by atoms with Gasteiger partial charge < -0.3 is 15.4 Å². The number of benzene rings is 2. The lowest BCUT2D eigenvalue weighted by atomic mass is 10.1. The topological polar surface area (TPSA) is 91.8 Å². The van der Waals surface area contributed by atoms with E-state index in [2.05, 4.69) is 20.3 Å². The van der Waals surface area contributed by atoms with Crippen LogP contribution in [0, 0.1) is 6.92 Å². The van der Waals surface area contributed by atoms with Gasteiger partial charge in [-0.05, 0) is 44.0 Å². The van der Waals surface area contributed by atoms with Gasteiger partial charge in [0.25, 0.3) is 0 Å². The summed E-state index contributed by atoms with van der Waals surface area (Å²) in [5, 5.41) is 6.43. The zero-order chi connectivity index (χ0) is 22.0. The SMILES string of the molecule is CN=C(NCCOc1ccc(C)cc1)NCc1ccccc1CS(=O)(=O)NC(C)C. The molecule has 2 aromatic rings. The minimum atomic E-state index is -3.39. The number of nitrogens with zero attached hydrogens (tertiary/aromatic N) is 1. The summed E-state index contributed by atoms with van der Waals surface area (Å²) in [6, 6.07) is 15.3. The van der Waals surface area contributed by atoms with Crippen molar-refractivity contribution >= 4 is 16.0 Å². The molecule has 0 fully saturated rings. The van der Waals surface area contributed by atoms with Crippen molar-refractivity contribution in [3.8, 4) is 5.75 Å². The van der Waals surface area contributed by atoms with Gasteiger partial charge in [0.15, 0.2) is 5.96 Å². The highest BCUT2D eigenvalue weighted by Gasteiger charge is 2.15. The molecular weight excluding hydrogens is 400 g/mol. The molecule has 0 aliphatic heterocycles. The van der Waals surface area contributed by atoms with E-state index in [4.69, 9.17) is 4.74 Å². The first-order chi connectivity index (χ1) is 14.3. The number of sulfonamides is 1. The minimum Gasteiger partial charge on any atom is -0.492 e. The number of hydrogen-bond donors (Lipinski definition) is 3. The Morgan fingerprint density at radius 3 is 2.33 bits per heavy atom. The number of guanidine groups is 1. The first-order valence-electron chi connectivity index (χ1n) is 10.00. The molecular formula is C22H32N4O3S. The summed E-state index contributed by atoms with van der Waals surface area (Å²) in [4.78, 5) is 4.21. The quantitative estimate of drug-likeness (QED) is 0.305. The lowest BCUT2D eigenvalue weighted by Crippen LogP contribution is -2.39. The largest absolute Gasteiger partial charge is 0.492 e. The van der Waals surface area contributed by atoms with Crippen molar-refractivity contribution in [1.29, 1.82) is 0 Å². The van der Waals surface area contributed by atoms with Crippen LogP contribution in [0.3, 0.4) is 0 Å². The lowest BCUT2D eigenvalue weighted by molar-refractivity contribution is 0.322. The summed E-state index contributed by atoms with van der Waals surface area (Å²) in [7, 11) is -1.69. The molecule has 0 aliphatic rings. The van der Waals surface area contributed by atoms with Crippen molar-refractivity contribution in [1.82, 2.24) is 15.4 Å². The van der Waals surface area contributed by atoms with Crippen LogP contribution < -0.4 is 20.1 Å². The molecule has 0 spiro atoms. The van der Waals surface area contributed by atoms with E-state index >= 15 is 0 Å². The number of aliphatic imine (C=N–C) groups is 1. The van der Waals surface area contributed by atoms with Gasteiger partial charge in [-0.15, -0.1) is 0 Å². The Bertz CT molecular complexity index is 926. The molecule has 0 aromatic heterocycles. The van der Waals surface area contributed by atoms with Gasteiger partial charge in [0.2, 0.25) is 10.0 Å². The molecule has 30 heavy (non-hydrogen) atoms. The second-order valence-corrected chi connectivity index (χ2v) is 9.07. The Balaban J connectivity index is 1.85. The summed E-state index contributed by atoms with van der Waals surface area (Å²) in [6.07, 6.45) is 0. The first kappa shape index (κ1) is 23.7. The Labute approximate surface area is 180 Å². The van der Waals surface area contributed by atoms with Crippen LogP contribution in [0.15, 0.2) is 53.5 Å². The van der Waals surface area contributed by atoms with Gasteiger partial charge in [0.05, 0.1) is 12.3 Å². The monoisotopic (exact) mass is 432 g/mol. The van der Waals surface area contributed by atoms with E-state index in [1.165, 1.54) is 5.56 Å². The van der Waals surface area contributed by atoms with E-state index in [1.54, 1.807) is 7.05 Å². The lowest BCUT2D eigenvalue weighted by Gasteiger charge is -2.15. The summed E-state index contributed by atoms with van der Waals surface area (Å²) in [5.74, 6) is 1.40.